The summed E-state index contributed by atoms with van der Waals surface area (Å²) in [6.45, 7) is 0. The zero-order valence-corrected chi connectivity index (χ0v) is 14.5. The van der Waals surface area contributed by atoms with Crippen molar-refractivity contribution in [2.75, 3.05) is 0 Å². The van der Waals surface area contributed by atoms with Crippen LogP contribution in [0.1, 0.15) is 15.9 Å². The Labute approximate surface area is 154 Å². The lowest BCUT2D eigenvalue weighted by Crippen LogP contribution is -2.12. The summed E-state index contributed by atoms with van der Waals surface area (Å²) in [5.74, 6) is -2.26. The first-order valence-corrected chi connectivity index (χ1v) is 8.38. The molecule has 0 saturated carbocycles. The maximum absolute atomic E-state index is 12.0. The quantitative estimate of drug-likeness (QED) is 0.579. The van der Waals surface area contributed by atoms with Crippen molar-refractivity contribution in [3.05, 3.63) is 65.9 Å². The minimum absolute atomic E-state index is 0.00839. The van der Waals surface area contributed by atoms with Gasteiger partial charge in [0.1, 0.15) is 0 Å². The SMILES string of the molecule is Cn1cc(-c2nc3ccccc3c(C(=O)O)c2CC(=O)O)c2ccccc21. The number of carboxylic acids is 2. The van der Waals surface area contributed by atoms with E-state index in [1.54, 1.807) is 24.3 Å². The van der Waals surface area contributed by atoms with Crippen LogP contribution in [-0.2, 0) is 18.3 Å². The van der Waals surface area contributed by atoms with E-state index < -0.39 is 18.4 Å². The van der Waals surface area contributed by atoms with Crippen LogP contribution in [-0.4, -0.2) is 31.7 Å². The topological polar surface area (TPSA) is 92.4 Å². The van der Waals surface area contributed by atoms with Crippen molar-refractivity contribution in [1.82, 2.24) is 9.55 Å². The van der Waals surface area contributed by atoms with Gasteiger partial charge in [-0.15, -0.1) is 0 Å². The molecule has 0 fully saturated rings. The summed E-state index contributed by atoms with van der Waals surface area (Å²) in [5.41, 5.74) is 2.80. The number of aliphatic carboxylic acids is 1. The van der Waals surface area contributed by atoms with Gasteiger partial charge in [0.15, 0.2) is 0 Å². The fourth-order valence-electron chi connectivity index (χ4n) is 3.57. The predicted molar refractivity (Wildman–Crippen MR) is 102 cm³/mol. The molecule has 0 aliphatic heterocycles. The average molecular weight is 360 g/mol. The molecule has 27 heavy (non-hydrogen) atoms. The Bertz CT molecular complexity index is 1220. The van der Waals surface area contributed by atoms with Crippen LogP contribution in [0.4, 0.5) is 0 Å². The summed E-state index contributed by atoms with van der Waals surface area (Å²) < 4.78 is 1.92. The molecule has 0 aliphatic rings. The molecule has 2 heterocycles. The van der Waals surface area contributed by atoms with Crippen molar-refractivity contribution in [1.29, 1.82) is 0 Å². The molecular formula is C21H16N2O4. The molecule has 0 aliphatic carbocycles. The maximum atomic E-state index is 12.0. The molecule has 0 spiro atoms. The fraction of sp³-hybridized carbons (Fsp3) is 0.0952. The predicted octanol–water partition coefficient (Wildman–Crippen LogP) is 3.72. The zero-order chi connectivity index (χ0) is 19.1. The Hall–Kier alpha value is -3.67. The Balaban J connectivity index is 2.16. The highest BCUT2D eigenvalue weighted by atomic mass is 16.4. The number of hydrogen-bond donors (Lipinski definition) is 2. The molecular weight excluding hydrogens is 344 g/mol. The fourth-order valence-corrected chi connectivity index (χ4v) is 3.57. The molecule has 2 N–H and O–H groups in total. The summed E-state index contributed by atoms with van der Waals surface area (Å²) in [4.78, 5) is 28.2. The van der Waals surface area contributed by atoms with Gasteiger partial charge >= 0.3 is 11.9 Å². The highest BCUT2D eigenvalue weighted by Gasteiger charge is 2.24. The molecule has 0 atom stereocenters. The van der Waals surface area contributed by atoms with Gasteiger partial charge in [-0.05, 0) is 12.1 Å². The van der Waals surface area contributed by atoms with Gasteiger partial charge in [-0.1, -0.05) is 36.4 Å². The highest BCUT2D eigenvalue weighted by molar-refractivity contribution is 6.08. The molecule has 0 radical (unpaired) electrons. The van der Waals surface area contributed by atoms with Gasteiger partial charge in [0.05, 0.1) is 23.2 Å². The number of nitrogens with zero attached hydrogens (tertiary/aromatic N) is 2. The lowest BCUT2D eigenvalue weighted by atomic mass is 9.94. The highest BCUT2D eigenvalue weighted by Crippen LogP contribution is 2.35. The lowest BCUT2D eigenvalue weighted by Gasteiger charge is -2.13. The van der Waals surface area contributed by atoms with Crippen molar-refractivity contribution in [3.8, 4) is 11.3 Å². The van der Waals surface area contributed by atoms with Gasteiger partial charge in [-0.3, -0.25) is 4.79 Å². The minimum Gasteiger partial charge on any atom is -0.481 e. The molecule has 2 aromatic carbocycles. The number of benzene rings is 2. The molecule has 4 aromatic rings. The molecule has 0 amide bonds. The van der Waals surface area contributed by atoms with Crippen LogP contribution in [0.25, 0.3) is 33.1 Å². The third-order valence-electron chi connectivity index (χ3n) is 4.69. The zero-order valence-electron chi connectivity index (χ0n) is 14.5. The van der Waals surface area contributed by atoms with Crippen LogP contribution in [0.3, 0.4) is 0 Å². The molecule has 4 rings (SSSR count). The first kappa shape index (κ1) is 16.8. The largest absolute Gasteiger partial charge is 0.481 e. The van der Waals surface area contributed by atoms with Gasteiger partial charge in [0, 0.05) is 40.7 Å². The number of carboxylic acid groups (broad SMARTS) is 2. The molecule has 0 bridgehead atoms. The first-order chi connectivity index (χ1) is 13.0. The van der Waals surface area contributed by atoms with Crippen LogP contribution < -0.4 is 0 Å². The second-order valence-corrected chi connectivity index (χ2v) is 6.38. The Morgan fingerprint density at radius 2 is 1.67 bits per heavy atom. The summed E-state index contributed by atoms with van der Waals surface area (Å²) in [6.07, 6.45) is 1.44. The van der Waals surface area contributed by atoms with Crippen LogP contribution in [0.5, 0.6) is 0 Å². The van der Waals surface area contributed by atoms with E-state index in [1.165, 1.54) is 0 Å². The molecule has 0 unspecified atom stereocenters. The van der Waals surface area contributed by atoms with Crippen LogP contribution >= 0.6 is 0 Å². The minimum atomic E-state index is -1.16. The van der Waals surface area contributed by atoms with Gasteiger partial charge in [-0.25, -0.2) is 9.78 Å². The van der Waals surface area contributed by atoms with E-state index in [1.807, 2.05) is 42.1 Å². The average Bonchev–Trinajstić information content (AvgIpc) is 2.97. The number of hydrogen-bond acceptors (Lipinski definition) is 3. The number of rotatable bonds is 4. The Morgan fingerprint density at radius 1 is 1.00 bits per heavy atom. The molecule has 2 aromatic heterocycles. The second-order valence-electron chi connectivity index (χ2n) is 6.38. The van der Waals surface area contributed by atoms with Crippen molar-refractivity contribution >= 4 is 33.7 Å². The monoisotopic (exact) mass is 360 g/mol. The van der Waals surface area contributed by atoms with E-state index >= 15 is 0 Å². The summed E-state index contributed by atoms with van der Waals surface area (Å²) in [5, 5.41) is 20.6. The normalized spacial score (nSPS) is 11.1. The van der Waals surface area contributed by atoms with E-state index in [0.29, 0.717) is 16.6 Å². The molecule has 6 heteroatoms. The Morgan fingerprint density at radius 3 is 2.37 bits per heavy atom. The van der Waals surface area contributed by atoms with Gasteiger partial charge in [0.25, 0.3) is 0 Å². The van der Waals surface area contributed by atoms with E-state index in [-0.39, 0.29) is 11.1 Å². The van der Waals surface area contributed by atoms with Gasteiger partial charge in [0.2, 0.25) is 0 Å². The molecule has 134 valence electrons. The van der Waals surface area contributed by atoms with Gasteiger partial charge in [-0.2, -0.15) is 0 Å². The Kier molecular flexibility index (Phi) is 3.88. The second kappa shape index (κ2) is 6.25. The maximum Gasteiger partial charge on any atom is 0.336 e. The van der Waals surface area contributed by atoms with Crippen molar-refractivity contribution in [3.63, 3.8) is 0 Å². The third-order valence-corrected chi connectivity index (χ3v) is 4.69. The number of aromatic carboxylic acids is 1. The number of carbonyl (C=O) groups is 2. The van der Waals surface area contributed by atoms with E-state index in [0.717, 1.165) is 16.5 Å². The summed E-state index contributed by atoms with van der Waals surface area (Å²) in [7, 11) is 1.89. The first-order valence-electron chi connectivity index (χ1n) is 8.38. The van der Waals surface area contributed by atoms with Gasteiger partial charge < -0.3 is 14.8 Å². The van der Waals surface area contributed by atoms with E-state index in [2.05, 4.69) is 4.98 Å². The number of pyridine rings is 1. The van der Waals surface area contributed by atoms with E-state index in [9.17, 15) is 19.8 Å². The smallest absolute Gasteiger partial charge is 0.336 e. The summed E-state index contributed by atoms with van der Waals surface area (Å²) >= 11 is 0. The molecule has 6 nitrogen and oxygen atoms in total. The van der Waals surface area contributed by atoms with Crippen molar-refractivity contribution in [2.45, 2.75) is 6.42 Å². The van der Waals surface area contributed by atoms with Crippen LogP contribution in [0.2, 0.25) is 0 Å². The number of aryl methyl sites for hydroxylation is 1. The number of fused-ring (bicyclic) bond motifs is 2. The lowest BCUT2D eigenvalue weighted by molar-refractivity contribution is -0.136. The molecule has 0 saturated heterocycles. The van der Waals surface area contributed by atoms with Crippen LogP contribution in [0.15, 0.2) is 54.7 Å². The van der Waals surface area contributed by atoms with E-state index in [4.69, 9.17) is 0 Å². The number of para-hydroxylation sites is 2. The number of aromatic nitrogens is 2. The van der Waals surface area contributed by atoms with Crippen LogP contribution in [0, 0.1) is 0 Å². The standard InChI is InChI=1S/C21H16N2O4/c1-23-11-15(12-6-3-5-9-17(12)23)20-14(10-18(24)25)19(21(26)27)13-7-2-4-8-16(13)22-20/h2-9,11H,10H2,1H3,(H,24,25)(H,26,27). The summed E-state index contributed by atoms with van der Waals surface area (Å²) in [6, 6.07) is 14.6. The van der Waals surface area contributed by atoms with Crippen molar-refractivity contribution in [2.24, 2.45) is 7.05 Å². The third kappa shape index (κ3) is 2.71. The van der Waals surface area contributed by atoms with Crippen molar-refractivity contribution < 1.29 is 19.8 Å².